The van der Waals surface area contributed by atoms with Crippen molar-refractivity contribution in [3.8, 4) is 5.75 Å². The highest BCUT2D eigenvalue weighted by Gasteiger charge is 2.48. The topological polar surface area (TPSA) is 19.0 Å². The third-order valence-electron chi connectivity index (χ3n) is 5.74. The summed E-state index contributed by atoms with van der Waals surface area (Å²) >= 11 is 0. The van der Waals surface area contributed by atoms with Crippen molar-refractivity contribution in [2.75, 3.05) is 53.7 Å². The van der Waals surface area contributed by atoms with Crippen LogP contribution < -0.4 is 4.74 Å². The van der Waals surface area contributed by atoms with Crippen molar-refractivity contribution < 1.29 is 9.22 Å². The van der Waals surface area contributed by atoms with Crippen LogP contribution in [0.25, 0.3) is 10.8 Å². The highest BCUT2D eigenvalue weighted by Crippen LogP contribution is 2.30. The van der Waals surface area contributed by atoms with Gasteiger partial charge in [-0.25, -0.2) is 14.7 Å². The summed E-state index contributed by atoms with van der Waals surface area (Å²) in [6.07, 6.45) is 1.13. The highest BCUT2D eigenvalue weighted by atomic mass is 16.5. The van der Waals surface area contributed by atoms with E-state index in [0.717, 1.165) is 32.2 Å². The minimum absolute atomic E-state index is 0.947. The summed E-state index contributed by atoms with van der Waals surface area (Å²) in [6, 6.07) is 13.1. The van der Waals surface area contributed by atoms with Gasteiger partial charge in [0.15, 0.2) is 0 Å². The van der Waals surface area contributed by atoms with Crippen LogP contribution in [-0.4, -0.2) is 72.8 Å². The second kappa shape index (κ2) is 5.43. The molecule has 2 aromatic rings. The number of hydrogen-bond donors (Lipinski definition) is 0. The average molecular weight is 325 g/mol. The van der Waals surface area contributed by atoms with E-state index in [2.05, 4.69) is 51.1 Å². The first-order chi connectivity index (χ1) is 11.7. The third kappa shape index (κ3) is 2.40. The minimum atomic E-state index is 0.947. The number of fused-ring (bicyclic) bond motifs is 1. The molecule has 24 heavy (non-hydrogen) atoms. The lowest BCUT2D eigenvalue weighted by Crippen LogP contribution is -2.79. The molecule has 0 amide bonds. The first-order valence-corrected chi connectivity index (χ1v) is 8.81. The number of quaternary nitrogens is 1. The highest BCUT2D eigenvalue weighted by molar-refractivity contribution is 5.87. The number of ether oxygens (including phenoxy) is 1. The van der Waals surface area contributed by atoms with Crippen LogP contribution in [0.1, 0.15) is 5.56 Å². The summed E-state index contributed by atoms with van der Waals surface area (Å²) in [5.74, 6) is 0.947. The zero-order valence-corrected chi connectivity index (χ0v) is 14.3. The molecule has 0 unspecified atom stereocenters. The number of rotatable bonds is 4. The fourth-order valence-electron chi connectivity index (χ4n) is 4.89. The fourth-order valence-corrected chi connectivity index (χ4v) is 4.89. The Kier molecular flexibility index (Phi) is 3.31. The quantitative estimate of drug-likeness (QED) is 0.799. The first kappa shape index (κ1) is 14.7. The number of methoxy groups -OCH3 is 1. The number of hydrogen-bond acceptors (Lipinski definition) is 4. The average Bonchev–Trinajstić information content (AvgIpc) is 2.58. The van der Waals surface area contributed by atoms with Crippen LogP contribution in [0, 0.1) is 0 Å². The van der Waals surface area contributed by atoms with Gasteiger partial charge in [-0.2, -0.15) is 0 Å². The van der Waals surface area contributed by atoms with Gasteiger partial charge in [-0.3, -0.25) is 4.48 Å². The molecule has 5 heteroatoms. The second-order valence-corrected chi connectivity index (χ2v) is 7.68. The summed E-state index contributed by atoms with van der Waals surface area (Å²) in [6.45, 7) is 8.30. The maximum Gasteiger partial charge on any atom is 0.139 e. The molecule has 4 heterocycles. The summed E-state index contributed by atoms with van der Waals surface area (Å²) < 4.78 is 6.63. The van der Waals surface area contributed by atoms with Gasteiger partial charge in [0.25, 0.3) is 0 Å². The predicted molar refractivity (Wildman–Crippen MR) is 94.1 cm³/mol. The molecule has 4 aliphatic heterocycles. The molecule has 0 aliphatic carbocycles. The van der Waals surface area contributed by atoms with Gasteiger partial charge in [-0.05, 0) is 28.5 Å². The van der Waals surface area contributed by atoms with Gasteiger partial charge >= 0.3 is 0 Å². The van der Waals surface area contributed by atoms with Crippen LogP contribution in [0.5, 0.6) is 5.75 Å². The Labute approximate surface area is 143 Å². The van der Waals surface area contributed by atoms with E-state index in [4.69, 9.17) is 4.74 Å². The van der Waals surface area contributed by atoms with Crippen LogP contribution in [-0.2, 0) is 6.42 Å². The number of benzene rings is 2. The molecule has 0 spiro atoms. The van der Waals surface area contributed by atoms with Crippen LogP contribution in [0.4, 0.5) is 0 Å². The largest absolute Gasteiger partial charge is 0.497 e. The first-order valence-electron chi connectivity index (χ1n) is 8.81. The van der Waals surface area contributed by atoms with Crippen molar-refractivity contribution in [3.05, 3.63) is 42.0 Å². The van der Waals surface area contributed by atoms with E-state index >= 15 is 0 Å². The molecule has 0 atom stereocenters. The molecule has 6 rings (SSSR count). The van der Waals surface area contributed by atoms with E-state index in [1.54, 1.807) is 7.11 Å². The molecular weight excluding hydrogens is 300 g/mol. The fraction of sp³-hybridized carbons (Fsp3) is 0.474. The summed E-state index contributed by atoms with van der Waals surface area (Å²) in [4.78, 5) is 7.76. The Balaban J connectivity index is 1.41. The molecule has 5 nitrogen and oxygen atoms in total. The Hall–Kier alpha value is -1.66. The molecule has 2 aromatic carbocycles. The number of nitrogens with zero attached hydrogens (tertiary/aromatic N) is 4. The molecule has 126 valence electrons. The maximum atomic E-state index is 5.43. The lowest BCUT2D eigenvalue weighted by molar-refractivity contribution is -0.980. The van der Waals surface area contributed by atoms with E-state index in [9.17, 15) is 0 Å². The molecular formula is C19H25N4O+. The predicted octanol–water partition coefficient (Wildman–Crippen LogP) is 1.90. The molecule has 0 saturated carbocycles. The monoisotopic (exact) mass is 325 g/mol. The van der Waals surface area contributed by atoms with Gasteiger partial charge in [0.05, 0.1) is 33.7 Å². The van der Waals surface area contributed by atoms with Gasteiger partial charge in [0, 0.05) is 6.42 Å². The third-order valence-corrected chi connectivity index (χ3v) is 5.74. The smallest absolute Gasteiger partial charge is 0.139 e. The van der Waals surface area contributed by atoms with Crippen LogP contribution >= 0.6 is 0 Å². The summed E-state index contributed by atoms with van der Waals surface area (Å²) in [5, 5.41) is 2.65. The van der Waals surface area contributed by atoms with Crippen molar-refractivity contribution in [3.63, 3.8) is 0 Å². The standard InChI is InChI=1S/C19H25N4O/c1-24-18-6-5-16-3-2-4-17(19(16)9-18)7-8-23-13-20-10-21(14-23)12-22(11-20)15-23/h2-6,9H,7-8,10-15H2,1H3/q+1. The van der Waals surface area contributed by atoms with Crippen molar-refractivity contribution >= 4 is 10.8 Å². The Morgan fingerprint density at radius 1 is 0.958 bits per heavy atom. The van der Waals surface area contributed by atoms with Gasteiger partial charge in [0.1, 0.15) is 25.8 Å². The SMILES string of the molecule is COc1ccc2cccc(CC[N+]34CN5CN(CN(C5)C3)C4)c2c1. The van der Waals surface area contributed by atoms with E-state index in [1.807, 2.05) is 0 Å². The zero-order valence-electron chi connectivity index (χ0n) is 14.3. The maximum absolute atomic E-state index is 5.43. The van der Waals surface area contributed by atoms with Crippen molar-refractivity contribution in [1.29, 1.82) is 0 Å². The van der Waals surface area contributed by atoms with Crippen LogP contribution in [0.15, 0.2) is 36.4 Å². The molecule has 0 radical (unpaired) electrons. The van der Waals surface area contributed by atoms with E-state index in [-0.39, 0.29) is 0 Å². The normalized spacial score (nSPS) is 34.0. The molecule has 4 saturated heterocycles. The minimum Gasteiger partial charge on any atom is -0.497 e. The zero-order chi connectivity index (χ0) is 16.1. The van der Waals surface area contributed by atoms with Crippen LogP contribution in [0.3, 0.4) is 0 Å². The summed E-state index contributed by atoms with van der Waals surface area (Å²) in [7, 11) is 1.74. The van der Waals surface area contributed by atoms with E-state index < -0.39 is 0 Å². The van der Waals surface area contributed by atoms with Gasteiger partial charge in [-0.1, -0.05) is 24.3 Å². The lowest BCUT2D eigenvalue weighted by atomic mass is 10.0. The van der Waals surface area contributed by atoms with Crippen molar-refractivity contribution in [2.24, 2.45) is 0 Å². The Bertz CT molecular complexity index is 740. The molecule has 4 bridgehead atoms. The molecule has 4 fully saturated rings. The molecule has 0 N–H and O–H groups in total. The Morgan fingerprint density at radius 2 is 1.67 bits per heavy atom. The van der Waals surface area contributed by atoms with E-state index in [0.29, 0.717) is 0 Å². The van der Waals surface area contributed by atoms with Gasteiger partial charge < -0.3 is 4.74 Å². The lowest BCUT2D eigenvalue weighted by Gasteiger charge is -2.60. The second-order valence-electron chi connectivity index (χ2n) is 7.68. The molecule has 4 aliphatic rings. The van der Waals surface area contributed by atoms with E-state index in [1.165, 1.54) is 47.4 Å². The Morgan fingerprint density at radius 3 is 2.33 bits per heavy atom. The molecule has 0 aromatic heterocycles. The van der Waals surface area contributed by atoms with Gasteiger partial charge in [-0.15, -0.1) is 0 Å². The van der Waals surface area contributed by atoms with Crippen LogP contribution in [0.2, 0.25) is 0 Å². The summed E-state index contributed by atoms with van der Waals surface area (Å²) in [5.41, 5.74) is 1.44. The van der Waals surface area contributed by atoms with Gasteiger partial charge in [0.2, 0.25) is 0 Å². The van der Waals surface area contributed by atoms with Crippen molar-refractivity contribution in [2.45, 2.75) is 6.42 Å². The van der Waals surface area contributed by atoms with Crippen molar-refractivity contribution in [1.82, 2.24) is 14.7 Å².